The number of hydrogen-bond donors (Lipinski definition) is 2. The molecule has 0 aliphatic carbocycles. The second-order valence-corrected chi connectivity index (χ2v) is 7.22. The molecular weight excluding hydrogens is 334 g/mol. The van der Waals surface area contributed by atoms with Crippen molar-refractivity contribution in [2.24, 2.45) is 0 Å². The van der Waals surface area contributed by atoms with Crippen molar-refractivity contribution in [3.8, 4) is 0 Å². The highest BCUT2D eigenvalue weighted by Gasteiger charge is 2.14. The van der Waals surface area contributed by atoms with Crippen molar-refractivity contribution in [1.29, 1.82) is 0 Å². The van der Waals surface area contributed by atoms with Gasteiger partial charge in [0.25, 0.3) is 0 Å². The van der Waals surface area contributed by atoms with Gasteiger partial charge in [0.05, 0.1) is 0 Å². The topological polar surface area (TPSA) is 62.7 Å². The molecule has 5 nitrogen and oxygen atoms in total. The Morgan fingerprint density at radius 2 is 1.52 bits per heavy atom. The predicted octanol–water partition coefficient (Wildman–Crippen LogP) is 5.47. The molecule has 0 bridgehead atoms. The van der Waals surface area contributed by atoms with Gasteiger partial charge in [-0.05, 0) is 46.7 Å². The summed E-state index contributed by atoms with van der Waals surface area (Å²) in [6, 6.07) is 12.4. The zero-order valence-electron chi connectivity index (χ0n) is 16.4. The lowest BCUT2D eigenvalue weighted by Crippen LogP contribution is -2.07. The molecule has 0 fully saturated rings. The van der Waals surface area contributed by atoms with Gasteiger partial charge in [0.15, 0.2) is 0 Å². The van der Waals surface area contributed by atoms with Crippen LogP contribution in [0.15, 0.2) is 55.0 Å². The average molecular weight is 361 g/mol. The first-order valence-corrected chi connectivity index (χ1v) is 9.40. The van der Waals surface area contributed by atoms with E-state index < -0.39 is 0 Å². The molecule has 3 rings (SSSR count). The third-order valence-electron chi connectivity index (χ3n) is 4.48. The van der Waals surface area contributed by atoms with Crippen molar-refractivity contribution in [2.75, 3.05) is 10.6 Å². The standard InChI is InChI=1S/C22H27N5/c1-15(2)18-6-5-7-19(16(3)4)21(18)26-20-10-13-24-22(27-20)25-14-17-8-11-23-12-9-17/h5-13,15-16H,14H2,1-4H3,(H2,24,25,26,27). The van der Waals surface area contributed by atoms with E-state index in [0.29, 0.717) is 24.3 Å². The van der Waals surface area contributed by atoms with Gasteiger partial charge in [-0.1, -0.05) is 45.9 Å². The monoisotopic (exact) mass is 361 g/mol. The number of para-hydroxylation sites is 1. The number of rotatable bonds is 7. The summed E-state index contributed by atoms with van der Waals surface area (Å²) in [5.41, 5.74) is 4.89. The van der Waals surface area contributed by atoms with E-state index in [1.807, 2.05) is 18.2 Å². The molecule has 27 heavy (non-hydrogen) atoms. The molecule has 140 valence electrons. The summed E-state index contributed by atoms with van der Waals surface area (Å²) in [6.45, 7) is 9.52. The third kappa shape index (κ3) is 4.82. The highest BCUT2D eigenvalue weighted by atomic mass is 15.1. The molecule has 2 aromatic heterocycles. The minimum absolute atomic E-state index is 0.428. The second kappa shape index (κ2) is 8.62. The first-order valence-electron chi connectivity index (χ1n) is 9.40. The van der Waals surface area contributed by atoms with E-state index in [0.717, 1.165) is 17.1 Å². The summed E-state index contributed by atoms with van der Waals surface area (Å²) in [6.07, 6.45) is 5.34. The van der Waals surface area contributed by atoms with Crippen molar-refractivity contribution >= 4 is 17.5 Å². The largest absolute Gasteiger partial charge is 0.350 e. The summed E-state index contributed by atoms with van der Waals surface area (Å²) >= 11 is 0. The van der Waals surface area contributed by atoms with Gasteiger partial charge in [0.1, 0.15) is 5.82 Å². The summed E-state index contributed by atoms with van der Waals surface area (Å²) in [4.78, 5) is 13.0. The Morgan fingerprint density at radius 3 is 2.15 bits per heavy atom. The van der Waals surface area contributed by atoms with Crippen LogP contribution in [0.2, 0.25) is 0 Å². The molecule has 2 N–H and O–H groups in total. The van der Waals surface area contributed by atoms with Gasteiger partial charge in [-0.2, -0.15) is 4.98 Å². The summed E-state index contributed by atoms with van der Waals surface area (Å²) in [5, 5.41) is 6.81. The maximum atomic E-state index is 4.64. The zero-order chi connectivity index (χ0) is 19.2. The van der Waals surface area contributed by atoms with Crippen LogP contribution in [0.25, 0.3) is 0 Å². The van der Waals surface area contributed by atoms with Crippen LogP contribution in [-0.4, -0.2) is 15.0 Å². The Morgan fingerprint density at radius 1 is 0.852 bits per heavy atom. The van der Waals surface area contributed by atoms with Gasteiger partial charge in [-0.3, -0.25) is 4.98 Å². The lowest BCUT2D eigenvalue weighted by Gasteiger charge is -2.20. The number of aromatic nitrogens is 3. The smallest absolute Gasteiger partial charge is 0.224 e. The van der Waals surface area contributed by atoms with Gasteiger partial charge in [0.2, 0.25) is 5.95 Å². The first kappa shape index (κ1) is 18.8. The molecule has 0 radical (unpaired) electrons. The number of nitrogens with one attached hydrogen (secondary N) is 2. The molecule has 0 saturated heterocycles. The van der Waals surface area contributed by atoms with Crippen LogP contribution in [0.4, 0.5) is 17.5 Å². The van der Waals surface area contributed by atoms with Crippen molar-refractivity contribution in [1.82, 2.24) is 15.0 Å². The lowest BCUT2D eigenvalue weighted by atomic mass is 9.92. The van der Waals surface area contributed by atoms with E-state index in [2.05, 4.69) is 71.5 Å². The van der Waals surface area contributed by atoms with Crippen molar-refractivity contribution in [3.05, 3.63) is 71.7 Å². The van der Waals surface area contributed by atoms with Crippen molar-refractivity contribution in [2.45, 2.75) is 46.1 Å². The maximum absolute atomic E-state index is 4.64. The quantitative estimate of drug-likeness (QED) is 0.584. The van der Waals surface area contributed by atoms with Crippen LogP contribution >= 0.6 is 0 Å². The van der Waals surface area contributed by atoms with E-state index in [-0.39, 0.29) is 0 Å². The summed E-state index contributed by atoms with van der Waals surface area (Å²) in [7, 11) is 0. The normalized spacial score (nSPS) is 11.0. The number of pyridine rings is 1. The molecule has 2 heterocycles. The van der Waals surface area contributed by atoms with Crippen LogP contribution in [-0.2, 0) is 6.54 Å². The molecule has 0 atom stereocenters. The molecule has 5 heteroatoms. The molecule has 0 saturated carbocycles. The lowest BCUT2D eigenvalue weighted by molar-refractivity contribution is 0.838. The van der Waals surface area contributed by atoms with Crippen LogP contribution in [0.3, 0.4) is 0 Å². The molecule has 3 aromatic rings. The van der Waals surface area contributed by atoms with Crippen molar-refractivity contribution in [3.63, 3.8) is 0 Å². The van der Waals surface area contributed by atoms with Crippen LogP contribution in [0.5, 0.6) is 0 Å². The Bertz CT molecular complexity index is 849. The fraction of sp³-hybridized carbons (Fsp3) is 0.318. The van der Waals surface area contributed by atoms with E-state index in [9.17, 15) is 0 Å². The minimum atomic E-state index is 0.428. The van der Waals surface area contributed by atoms with E-state index in [4.69, 9.17) is 0 Å². The number of hydrogen-bond acceptors (Lipinski definition) is 5. The highest BCUT2D eigenvalue weighted by molar-refractivity contribution is 5.67. The van der Waals surface area contributed by atoms with Gasteiger partial charge >= 0.3 is 0 Å². The van der Waals surface area contributed by atoms with E-state index in [1.165, 1.54) is 11.1 Å². The van der Waals surface area contributed by atoms with E-state index in [1.54, 1.807) is 18.6 Å². The fourth-order valence-electron chi connectivity index (χ4n) is 3.02. The Labute approximate surface area is 161 Å². The van der Waals surface area contributed by atoms with Crippen LogP contribution in [0, 0.1) is 0 Å². The Balaban J connectivity index is 1.82. The predicted molar refractivity (Wildman–Crippen MR) is 111 cm³/mol. The van der Waals surface area contributed by atoms with E-state index >= 15 is 0 Å². The Hall–Kier alpha value is -2.95. The van der Waals surface area contributed by atoms with Gasteiger partial charge in [-0.25, -0.2) is 4.98 Å². The molecular formula is C22H27N5. The molecule has 0 aliphatic heterocycles. The number of benzene rings is 1. The summed E-state index contributed by atoms with van der Waals surface area (Å²) in [5.74, 6) is 2.25. The Kier molecular flexibility index (Phi) is 6.01. The molecule has 0 amide bonds. The molecule has 1 aromatic carbocycles. The van der Waals surface area contributed by atoms with Crippen LogP contribution in [0.1, 0.15) is 56.2 Å². The van der Waals surface area contributed by atoms with Gasteiger partial charge < -0.3 is 10.6 Å². The second-order valence-electron chi connectivity index (χ2n) is 7.22. The average Bonchev–Trinajstić information content (AvgIpc) is 2.67. The zero-order valence-corrected chi connectivity index (χ0v) is 16.4. The highest BCUT2D eigenvalue weighted by Crippen LogP contribution is 2.34. The number of anilines is 3. The summed E-state index contributed by atoms with van der Waals surface area (Å²) < 4.78 is 0. The minimum Gasteiger partial charge on any atom is -0.350 e. The molecule has 0 unspecified atom stereocenters. The first-order chi connectivity index (χ1) is 13.0. The van der Waals surface area contributed by atoms with Gasteiger partial charge in [-0.15, -0.1) is 0 Å². The van der Waals surface area contributed by atoms with Crippen molar-refractivity contribution < 1.29 is 0 Å². The number of nitrogens with zero attached hydrogens (tertiary/aromatic N) is 3. The SMILES string of the molecule is CC(C)c1cccc(C(C)C)c1Nc1ccnc(NCc2ccncc2)n1. The molecule has 0 aliphatic rings. The third-order valence-corrected chi connectivity index (χ3v) is 4.48. The fourth-order valence-corrected chi connectivity index (χ4v) is 3.02. The van der Waals surface area contributed by atoms with Gasteiger partial charge in [0, 0.05) is 30.8 Å². The molecule has 0 spiro atoms. The van der Waals surface area contributed by atoms with Crippen LogP contribution < -0.4 is 10.6 Å². The maximum Gasteiger partial charge on any atom is 0.224 e.